The molecule has 3 aromatic rings. The molecule has 5 heteroatoms. The van der Waals surface area contributed by atoms with Gasteiger partial charge in [0.25, 0.3) is 0 Å². The number of hydrogen-bond acceptors (Lipinski definition) is 3. The number of aromatic nitrogens is 2. The first kappa shape index (κ1) is 13.3. The number of nitrogen functional groups attached to an aromatic ring is 1. The van der Waals surface area contributed by atoms with E-state index in [1.165, 1.54) is 6.33 Å². The van der Waals surface area contributed by atoms with Gasteiger partial charge in [0.1, 0.15) is 12.1 Å². The molecule has 0 amide bonds. The van der Waals surface area contributed by atoms with Gasteiger partial charge in [-0.05, 0) is 36.2 Å². The van der Waals surface area contributed by atoms with E-state index < -0.39 is 0 Å². The molecule has 1 heterocycles. The van der Waals surface area contributed by atoms with E-state index in [1.807, 2.05) is 37.3 Å². The summed E-state index contributed by atoms with van der Waals surface area (Å²) in [6, 6.07) is 9.79. The van der Waals surface area contributed by atoms with E-state index in [0.29, 0.717) is 5.82 Å². The molecule has 2 aromatic carbocycles. The molecule has 1 aromatic heterocycles. The molecule has 0 radical (unpaired) electrons. The number of fused-ring (bicyclic) bond motifs is 1. The summed E-state index contributed by atoms with van der Waals surface area (Å²) in [7, 11) is 0. The monoisotopic (exact) mass is 347 g/mol. The van der Waals surface area contributed by atoms with Crippen LogP contribution in [0.15, 0.2) is 41.1 Å². The van der Waals surface area contributed by atoms with E-state index in [9.17, 15) is 0 Å². The first-order valence-corrected chi connectivity index (χ1v) is 7.20. The zero-order valence-electron chi connectivity index (χ0n) is 10.7. The third-order valence-electron chi connectivity index (χ3n) is 3.29. The summed E-state index contributed by atoms with van der Waals surface area (Å²) in [5, 5.41) is 1.56. The third kappa shape index (κ3) is 2.15. The van der Waals surface area contributed by atoms with Gasteiger partial charge in [-0.25, -0.2) is 9.97 Å². The van der Waals surface area contributed by atoms with Crippen LogP contribution in [-0.4, -0.2) is 9.97 Å². The highest BCUT2D eigenvalue weighted by Crippen LogP contribution is 2.35. The molecule has 0 saturated carbocycles. The van der Waals surface area contributed by atoms with Crippen LogP contribution in [0.25, 0.3) is 22.0 Å². The highest BCUT2D eigenvalue weighted by molar-refractivity contribution is 9.10. The molecule has 20 heavy (non-hydrogen) atoms. The Balaban J connectivity index is 2.42. The molecule has 0 fully saturated rings. The molecule has 0 atom stereocenters. The fourth-order valence-corrected chi connectivity index (χ4v) is 2.89. The summed E-state index contributed by atoms with van der Waals surface area (Å²) in [6.45, 7) is 1.99. The summed E-state index contributed by atoms with van der Waals surface area (Å²) in [6.07, 6.45) is 1.48. The number of benzene rings is 2. The lowest BCUT2D eigenvalue weighted by atomic mass is 9.98. The molecule has 0 spiro atoms. The summed E-state index contributed by atoms with van der Waals surface area (Å²) in [4.78, 5) is 8.42. The van der Waals surface area contributed by atoms with Crippen molar-refractivity contribution in [2.75, 3.05) is 5.73 Å². The Bertz CT molecular complexity index is 818. The minimum absolute atomic E-state index is 0.470. The second-order valence-electron chi connectivity index (χ2n) is 4.52. The van der Waals surface area contributed by atoms with Crippen LogP contribution in [0.2, 0.25) is 5.02 Å². The molecule has 3 nitrogen and oxygen atoms in total. The highest BCUT2D eigenvalue weighted by Gasteiger charge is 2.12. The summed E-state index contributed by atoms with van der Waals surface area (Å²) in [5.74, 6) is 0.470. The Morgan fingerprint density at radius 1 is 1.15 bits per heavy atom. The highest BCUT2D eigenvalue weighted by atomic mass is 79.9. The predicted octanol–water partition coefficient (Wildman–Crippen LogP) is 4.60. The van der Waals surface area contributed by atoms with Crippen molar-refractivity contribution in [3.8, 4) is 11.1 Å². The number of halogens is 2. The van der Waals surface area contributed by atoms with Crippen LogP contribution in [0.5, 0.6) is 0 Å². The van der Waals surface area contributed by atoms with Crippen LogP contribution >= 0.6 is 27.5 Å². The lowest BCUT2D eigenvalue weighted by Gasteiger charge is -2.11. The fourth-order valence-electron chi connectivity index (χ4n) is 2.26. The molecule has 0 aliphatic carbocycles. The maximum absolute atomic E-state index is 6.22. The van der Waals surface area contributed by atoms with Gasteiger partial charge < -0.3 is 5.73 Å². The first-order chi connectivity index (χ1) is 9.58. The molecule has 0 unspecified atom stereocenters. The Hall–Kier alpha value is -1.65. The Labute approximate surface area is 129 Å². The van der Waals surface area contributed by atoms with Crippen LogP contribution in [0, 0.1) is 6.92 Å². The third-order valence-corrected chi connectivity index (χ3v) is 4.16. The molecular weight excluding hydrogens is 338 g/mol. The fraction of sp³-hybridized carbons (Fsp3) is 0.0667. The van der Waals surface area contributed by atoms with E-state index in [4.69, 9.17) is 17.3 Å². The van der Waals surface area contributed by atoms with Crippen molar-refractivity contribution in [1.29, 1.82) is 0 Å². The van der Waals surface area contributed by atoms with Gasteiger partial charge in [-0.15, -0.1) is 0 Å². The number of hydrogen-bond donors (Lipinski definition) is 1. The van der Waals surface area contributed by atoms with Crippen LogP contribution in [0.1, 0.15) is 5.56 Å². The second-order valence-corrected chi connectivity index (χ2v) is 5.84. The molecule has 0 aliphatic heterocycles. The van der Waals surface area contributed by atoms with Crippen molar-refractivity contribution in [3.05, 3.63) is 51.7 Å². The summed E-state index contributed by atoms with van der Waals surface area (Å²) < 4.78 is 0.931. The predicted molar refractivity (Wildman–Crippen MR) is 86.8 cm³/mol. The molecule has 0 saturated heterocycles. The number of nitrogens with zero attached hydrogens (tertiary/aromatic N) is 2. The first-order valence-electron chi connectivity index (χ1n) is 6.03. The normalized spacial score (nSPS) is 10.9. The Morgan fingerprint density at radius 2 is 1.95 bits per heavy atom. The van der Waals surface area contributed by atoms with Crippen molar-refractivity contribution in [1.82, 2.24) is 9.97 Å². The molecular formula is C15H11BrClN3. The maximum atomic E-state index is 6.22. The molecule has 2 N–H and O–H groups in total. The molecule has 0 bridgehead atoms. The lowest BCUT2D eigenvalue weighted by molar-refractivity contribution is 1.23. The van der Waals surface area contributed by atoms with Crippen molar-refractivity contribution in [2.24, 2.45) is 0 Å². The maximum Gasteiger partial charge on any atom is 0.134 e. The number of anilines is 1. The van der Waals surface area contributed by atoms with Crippen LogP contribution < -0.4 is 5.73 Å². The lowest BCUT2D eigenvalue weighted by Crippen LogP contribution is -1.95. The van der Waals surface area contributed by atoms with Crippen molar-refractivity contribution in [3.63, 3.8) is 0 Å². The smallest absolute Gasteiger partial charge is 0.134 e. The standard InChI is InChI=1S/C15H11BrClN3/c1-8-10(3-2-4-13(8)17)11-5-9(16)6-12-14(11)19-7-20-15(12)18/h2-7H,1H3,(H2,18,19,20). The Morgan fingerprint density at radius 3 is 2.75 bits per heavy atom. The molecule has 100 valence electrons. The van der Waals surface area contributed by atoms with Crippen LogP contribution in [0.4, 0.5) is 5.82 Å². The van der Waals surface area contributed by atoms with Gasteiger partial charge in [0.05, 0.1) is 5.52 Å². The second kappa shape index (κ2) is 5.04. The Kier molecular flexibility index (Phi) is 3.36. The van der Waals surface area contributed by atoms with Gasteiger partial charge in [0, 0.05) is 20.4 Å². The van der Waals surface area contributed by atoms with Crippen molar-refractivity contribution in [2.45, 2.75) is 6.92 Å². The number of rotatable bonds is 1. The molecule has 0 aliphatic rings. The largest absolute Gasteiger partial charge is 0.383 e. The molecule has 3 rings (SSSR count). The van der Waals surface area contributed by atoms with Crippen LogP contribution in [0.3, 0.4) is 0 Å². The van der Waals surface area contributed by atoms with Crippen LogP contribution in [-0.2, 0) is 0 Å². The van der Waals surface area contributed by atoms with Gasteiger partial charge in [-0.2, -0.15) is 0 Å². The zero-order valence-corrected chi connectivity index (χ0v) is 13.0. The van der Waals surface area contributed by atoms with Gasteiger partial charge >= 0.3 is 0 Å². The zero-order chi connectivity index (χ0) is 14.3. The van der Waals surface area contributed by atoms with Gasteiger partial charge in [-0.1, -0.05) is 39.7 Å². The van der Waals surface area contributed by atoms with E-state index in [-0.39, 0.29) is 0 Å². The quantitative estimate of drug-likeness (QED) is 0.699. The minimum Gasteiger partial charge on any atom is -0.383 e. The van der Waals surface area contributed by atoms with E-state index in [1.54, 1.807) is 0 Å². The van der Waals surface area contributed by atoms with Gasteiger partial charge in [-0.3, -0.25) is 0 Å². The average molecular weight is 349 g/mol. The van der Waals surface area contributed by atoms with E-state index in [0.717, 1.165) is 37.1 Å². The van der Waals surface area contributed by atoms with Gasteiger partial charge in [0.15, 0.2) is 0 Å². The van der Waals surface area contributed by atoms with Crippen molar-refractivity contribution >= 4 is 44.3 Å². The summed E-state index contributed by atoms with van der Waals surface area (Å²) in [5.41, 5.74) is 9.82. The average Bonchev–Trinajstić information content (AvgIpc) is 2.42. The van der Waals surface area contributed by atoms with E-state index in [2.05, 4.69) is 25.9 Å². The van der Waals surface area contributed by atoms with Crippen molar-refractivity contribution < 1.29 is 0 Å². The topological polar surface area (TPSA) is 51.8 Å². The summed E-state index contributed by atoms with van der Waals surface area (Å²) >= 11 is 9.73. The van der Waals surface area contributed by atoms with Gasteiger partial charge in [0.2, 0.25) is 0 Å². The number of nitrogens with two attached hydrogens (primary N) is 1. The SMILES string of the molecule is Cc1c(Cl)cccc1-c1cc(Br)cc2c(N)ncnc12. The van der Waals surface area contributed by atoms with E-state index >= 15 is 0 Å². The minimum atomic E-state index is 0.470.